The second-order valence-corrected chi connectivity index (χ2v) is 5.93. The van der Waals surface area contributed by atoms with E-state index in [1.807, 2.05) is 49.4 Å². The molecular formula is C17H18N4S. The van der Waals surface area contributed by atoms with Gasteiger partial charge in [-0.15, -0.1) is 0 Å². The molecule has 0 radical (unpaired) electrons. The standard InChI is InChI=1S/C17H18N4S/c1-11(16(19)22)10-21-15-5-3-2-4-14(15)20-17(21)12-6-8-13(18)9-7-12/h2-9,11H,10,18H2,1H3,(H2,19,22). The molecule has 1 aromatic heterocycles. The van der Waals surface area contributed by atoms with Crippen LogP contribution in [-0.4, -0.2) is 14.5 Å². The molecule has 1 unspecified atom stereocenters. The van der Waals surface area contributed by atoms with Gasteiger partial charge in [-0.05, 0) is 36.4 Å². The highest BCUT2D eigenvalue weighted by atomic mass is 32.1. The van der Waals surface area contributed by atoms with Crippen molar-refractivity contribution >= 4 is 33.9 Å². The fraction of sp³-hybridized carbons (Fsp3) is 0.176. The fourth-order valence-corrected chi connectivity index (χ4v) is 2.55. The summed E-state index contributed by atoms with van der Waals surface area (Å²) in [5.41, 5.74) is 15.4. The molecule has 0 saturated carbocycles. The smallest absolute Gasteiger partial charge is 0.141 e. The first-order chi connectivity index (χ1) is 10.6. The Hall–Kier alpha value is -2.40. The molecule has 5 heteroatoms. The monoisotopic (exact) mass is 310 g/mol. The topological polar surface area (TPSA) is 69.9 Å². The summed E-state index contributed by atoms with van der Waals surface area (Å²) in [6.45, 7) is 2.74. The maximum Gasteiger partial charge on any atom is 0.141 e. The SMILES string of the molecule is CC(Cn1c(-c2ccc(N)cc2)nc2ccccc21)C(N)=S. The fourth-order valence-electron chi connectivity index (χ4n) is 2.48. The second kappa shape index (κ2) is 5.77. The van der Waals surface area contributed by atoms with Crippen LogP contribution in [0.25, 0.3) is 22.4 Å². The Kier molecular flexibility index (Phi) is 3.81. The lowest BCUT2D eigenvalue weighted by atomic mass is 10.1. The van der Waals surface area contributed by atoms with Crippen molar-refractivity contribution in [1.29, 1.82) is 0 Å². The van der Waals surface area contributed by atoms with Crippen molar-refractivity contribution in [3.8, 4) is 11.4 Å². The van der Waals surface area contributed by atoms with Gasteiger partial charge in [-0.2, -0.15) is 0 Å². The van der Waals surface area contributed by atoms with E-state index < -0.39 is 0 Å². The van der Waals surface area contributed by atoms with Crippen molar-refractivity contribution in [3.63, 3.8) is 0 Å². The Balaban J connectivity index is 2.16. The van der Waals surface area contributed by atoms with E-state index in [9.17, 15) is 0 Å². The molecule has 0 aliphatic rings. The van der Waals surface area contributed by atoms with Crippen LogP contribution in [0.3, 0.4) is 0 Å². The number of hydrogen-bond donors (Lipinski definition) is 2. The van der Waals surface area contributed by atoms with E-state index in [1.165, 1.54) is 0 Å². The van der Waals surface area contributed by atoms with Crippen LogP contribution in [0.2, 0.25) is 0 Å². The molecule has 22 heavy (non-hydrogen) atoms. The van der Waals surface area contributed by atoms with Gasteiger partial charge in [-0.3, -0.25) is 0 Å². The molecule has 1 heterocycles. The molecular weight excluding hydrogens is 292 g/mol. The van der Waals surface area contributed by atoms with Crippen molar-refractivity contribution in [2.75, 3.05) is 5.73 Å². The van der Waals surface area contributed by atoms with Gasteiger partial charge in [0.2, 0.25) is 0 Å². The Morgan fingerprint density at radius 1 is 1.18 bits per heavy atom. The predicted octanol–water partition coefficient (Wildman–Crippen LogP) is 3.21. The minimum atomic E-state index is 0.0973. The lowest BCUT2D eigenvalue weighted by molar-refractivity contribution is 0.617. The normalized spacial score (nSPS) is 12.4. The number of benzene rings is 2. The van der Waals surface area contributed by atoms with Crippen LogP contribution >= 0.6 is 12.2 Å². The van der Waals surface area contributed by atoms with Crippen LogP contribution in [0.4, 0.5) is 5.69 Å². The van der Waals surface area contributed by atoms with Crippen molar-refractivity contribution in [2.45, 2.75) is 13.5 Å². The van der Waals surface area contributed by atoms with Crippen molar-refractivity contribution in [1.82, 2.24) is 9.55 Å². The molecule has 0 saturated heterocycles. The third kappa shape index (κ3) is 2.67. The number of para-hydroxylation sites is 2. The van der Waals surface area contributed by atoms with Crippen LogP contribution in [-0.2, 0) is 6.54 Å². The van der Waals surface area contributed by atoms with E-state index in [0.29, 0.717) is 11.5 Å². The number of rotatable bonds is 4. The van der Waals surface area contributed by atoms with Gasteiger partial charge in [0.1, 0.15) is 5.82 Å². The van der Waals surface area contributed by atoms with Gasteiger partial charge >= 0.3 is 0 Å². The Labute approximate surface area is 134 Å². The van der Waals surface area contributed by atoms with Gasteiger partial charge in [0, 0.05) is 23.7 Å². The lowest BCUT2D eigenvalue weighted by Crippen LogP contribution is -2.23. The summed E-state index contributed by atoms with van der Waals surface area (Å²) >= 11 is 5.12. The molecule has 0 bridgehead atoms. The van der Waals surface area contributed by atoms with Gasteiger partial charge < -0.3 is 16.0 Å². The first-order valence-corrected chi connectivity index (χ1v) is 7.57. The quantitative estimate of drug-likeness (QED) is 0.573. The van der Waals surface area contributed by atoms with E-state index >= 15 is 0 Å². The summed E-state index contributed by atoms with van der Waals surface area (Å²) in [5.74, 6) is 1.00. The van der Waals surface area contributed by atoms with Crippen LogP contribution in [0.5, 0.6) is 0 Å². The van der Waals surface area contributed by atoms with E-state index in [0.717, 1.165) is 28.1 Å². The minimum Gasteiger partial charge on any atom is -0.399 e. The zero-order valence-corrected chi connectivity index (χ0v) is 13.2. The summed E-state index contributed by atoms with van der Waals surface area (Å²) in [4.78, 5) is 5.28. The maximum atomic E-state index is 5.79. The van der Waals surface area contributed by atoms with Gasteiger partial charge in [-0.1, -0.05) is 31.3 Å². The molecule has 112 valence electrons. The number of nitrogens with zero attached hydrogens (tertiary/aromatic N) is 2. The zero-order valence-electron chi connectivity index (χ0n) is 12.4. The Morgan fingerprint density at radius 3 is 2.55 bits per heavy atom. The summed E-state index contributed by atoms with van der Waals surface area (Å²) in [6, 6.07) is 15.8. The number of hydrogen-bond acceptors (Lipinski definition) is 3. The number of thiocarbonyl (C=S) groups is 1. The van der Waals surface area contributed by atoms with E-state index in [2.05, 4.69) is 10.6 Å². The van der Waals surface area contributed by atoms with Gasteiger partial charge in [0.05, 0.1) is 16.0 Å². The van der Waals surface area contributed by atoms with Crippen LogP contribution in [0, 0.1) is 5.92 Å². The van der Waals surface area contributed by atoms with Crippen molar-refractivity contribution in [3.05, 3.63) is 48.5 Å². The zero-order chi connectivity index (χ0) is 15.7. The van der Waals surface area contributed by atoms with E-state index in [-0.39, 0.29) is 5.92 Å². The molecule has 0 aliphatic heterocycles. The summed E-state index contributed by atoms with van der Waals surface area (Å²) in [7, 11) is 0. The van der Waals surface area contributed by atoms with Gasteiger partial charge in [-0.25, -0.2) is 4.98 Å². The Morgan fingerprint density at radius 2 is 1.86 bits per heavy atom. The minimum absolute atomic E-state index is 0.0973. The molecule has 0 amide bonds. The first kappa shape index (κ1) is 14.5. The summed E-state index contributed by atoms with van der Waals surface area (Å²) in [6.07, 6.45) is 0. The third-order valence-corrected chi connectivity index (χ3v) is 4.17. The lowest BCUT2D eigenvalue weighted by Gasteiger charge is -2.14. The molecule has 3 rings (SSSR count). The number of nitrogens with two attached hydrogens (primary N) is 2. The first-order valence-electron chi connectivity index (χ1n) is 7.17. The van der Waals surface area contributed by atoms with Crippen LogP contribution in [0.1, 0.15) is 6.92 Å². The molecule has 0 fully saturated rings. The highest BCUT2D eigenvalue weighted by Gasteiger charge is 2.15. The van der Waals surface area contributed by atoms with Gasteiger partial charge in [0.25, 0.3) is 0 Å². The molecule has 4 nitrogen and oxygen atoms in total. The molecule has 2 aromatic carbocycles. The Bertz CT molecular complexity index is 820. The second-order valence-electron chi connectivity index (χ2n) is 5.46. The predicted molar refractivity (Wildman–Crippen MR) is 95.5 cm³/mol. The van der Waals surface area contributed by atoms with Crippen molar-refractivity contribution in [2.24, 2.45) is 11.7 Å². The average Bonchev–Trinajstić information content (AvgIpc) is 2.87. The largest absolute Gasteiger partial charge is 0.399 e. The highest BCUT2D eigenvalue weighted by Crippen LogP contribution is 2.26. The van der Waals surface area contributed by atoms with Gasteiger partial charge in [0.15, 0.2) is 0 Å². The molecule has 0 aliphatic carbocycles. The highest BCUT2D eigenvalue weighted by molar-refractivity contribution is 7.80. The number of nitrogen functional groups attached to an aromatic ring is 1. The molecule has 4 N–H and O–H groups in total. The molecule has 3 aromatic rings. The average molecular weight is 310 g/mol. The number of anilines is 1. The third-order valence-electron chi connectivity index (χ3n) is 3.77. The summed E-state index contributed by atoms with van der Waals surface area (Å²) in [5, 5.41) is 0. The number of fused-ring (bicyclic) bond motifs is 1. The number of aromatic nitrogens is 2. The number of imidazole rings is 1. The van der Waals surface area contributed by atoms with E-state index in [4.69, 9.17) is 28.7 Å². The van der Waals surface area contributed by atoms with Crippen molar-refractivity contribution < 1.29 is 0 Å². The maximum absolute atomic E-state index is 5.79. The molecule has 0 spiro atoms. The van der Waals surface area contributed by atoms with Crippen LogP contribution < -0.4 is 11.5 Å². The molecule has 1 atom stereocenters. The summed E-state index contributed by atoms with van der Waals surface area (Å²) < 4.78 is 2.17. The van der Waals surface area contributed by atoms with E-state index in [1.54, 1.807) is 0 Å². The van der Waals surface area contributed by atoms with Crippen LogP contribution in [0.15, 0.2) is 48.5 Å².